The van der Waals surface area contributed by atoms with E-state index in [1.807, 2.05) is 0 Å². The standard InChI is InChI=1S/C3H9Si2/c1-4-5(2)3/h1-3H3. The van der Waals surface area contributed by atoms with Crippen LogP contribution in [0.3, 0.4) is 0 Å². The van der Waals surface area contributed by atoms with Gasteiger partial charge in [-0.3, -0.25) is 0 Å². The molecule has 0 rings (SSSR count). The van der Waals surface area contributed by atoms with E-state index in [1.54, 1.807) is 0 Å². The van der Waals surface area contributed by atoms with Gasteiger partial charge in [0, 0.05) is 17.4 Å². The molecule has 0 heterocycles. The van der Waals surface area contributed by atoms with Gasteiger partial charge in [0.15, 0.2) is 0 Å². The van der Waals surface area contributed by atoms with E-state index < -0.39 is 0 Å². The van der Waals surface area contributed by atoms with Crippen LogP contribution >= 0.6 is 0 Å². The summed E-state index contributed by atoms with van der Waals surface area (Å²) in [6.07, 6.45) is 0. The molecule has 0 spiro atoms. The van der Waals surface area contributed by atoms with Crippen LogP contribution in [0.15, 0.2) is 0 Å². The number of rotatable bonds is 1. The van der Waals surface area contributed by atoms with E-state index in [-0.39, 0.29) is 8.31 Å². The molecule has 0 aromatic carbocycles. The second-order valence-corrected chi connectivity index (χ2v) is 8.25. The molecule has 0 aromatic rings. The Balaban J connectivity index is 2.54. The Morgan fingerprint density at radius 3 is 1.60 bits per heavy atom. The predicted octanol–water partition coefficient (Wildman–Crippen LogP) is 0.990. The normalized spacial score (nSPS) is 9.60. The molecule has 0 amide bonds. The summed E-state index contributed by atoms with van der Waals surface area (Å²) in [6.45, 7) is 6.94. The summed E-state index contributed by atoms with van der Waals surface area (Å²) in [6, 6.07) is 0. The molecule has 29 valence electrons. The molecule has 0 saturated carbocycles. The molecule has 0 fully saturated rings. The molecule has 0 aromatic heterocycles. The summed E-state index contributed by atoms with van der Waals surface area (Å²) in [4.78, 5) is 0. The second-order valence-electron chi connectivity index (χ2n) is 1.25. The van der Waals surface area contributed by atoms with Gasteiger partial charge >= 0.3 is 0 Å². The van der Waals surface area contributed by atoms with Gasteiger partial charge in [-0.15, -0.1) is 0 Å². The summed E-state index contributed by atoms with van der Waals surface area (Å²) in [7, 11) is 1.37. The molecular weight excluding hydrogens is 92.2 g/mol. The lowest BCUT2D eigenvalue weighted by Crippen LogP contribution is -2.06. The topological polar surface area (TPSA) is 0 Å². The molecule has 0 nitrogen and oxygen atoms in total. The van der Waals surface area contributed by atoms with Gasteiger partial charge < -0.3 is 0 Å². The van der Waals surface area contributed by atoms with Gasteiger partial charge in [0.25, 0.3) is 0 Å². The largest absolute Gasteiger partial charge is 0.0756 e. The Morgan fingerprint density at radius 2 is 1.60 bits per heavy atom. The Labute approximate surface area is 37.8 Å². The Bertz CT molecular complexity index is 18.9. The summed E-state index contributed by atoms with van der Waals surface area (Å²) in [5, 5.41) is 0. The van der Waals surface area contributed by atoms with Crippen LogP contribution in [-0.4, -0.2) is 17.4 Å². The van der Waals surface area contributed by atoms with E-state index in [4.69, 9.17) is 0 Å². The molecule has 0 atom stereocenters. The van der Waals surface area contributed by atoms with Crippen LogP contribution < -0.4 is 0 Å². The maximum atomic E-state index is 2.34. The first kappa shape index (κ1) is 5.43. The summed E-state index contributed by atoms with van der Waals surface area (Å²) >= 11 is 0. The summed E-state index contributed by atoms with van der Waals surface area (Å²) < 4.78 is 0. The van der Waals surface area contributed by atoms with Crippen molar-refractivity contribution >= 4 is 17.4 Å². The summed E-state index contributed by atoms with van der Waals surface area (Å²) in [5.41, 5.74) is 0. The Hall–Kier alpha value is 0.434. The van der Waals surface area contributed by atoms with Gasteiger partial charge in [-0.05, 0) is 0 Å². The van der Waals surface area contributed by atoms with Gasteiger partial charge in [-0.2, -0.15) is 0 Å². The van der Waals surface area contributed by atoms with Gasteiger partial charge in [-0.1, -0.05) is 19.6 Å². The molecular formula is C3H9Si2. The van der Waals surface area contributed by atoms with Crippen LogP contribution in [0.25, 0.3) is 0 Å². The Morgan fingerprint density at radius 1 is 1.40 bits per heavy atom. The molecule has 0 bridgehead atoms. The molecule has 0 aliphatic rings. The molecule has 0 aliphatic carbocycles. The summed E-state index contributed by atoms with van der Waals surface area (Å²) in [5.74, 6) is 0. The third-order valence-corrected chi connectivity index (χ3v) is 4.50. The van der Waals surface area contributed by atoms with E-state index in [9.17, 15) is 0 Å². The van der Waals surface area contributed by atoms with Crippen LogP contribution in [0, 0.1) is 0 Å². The third-order valence-electron chi connectivity index (χ3n) is 0.500. The molecule has 5 heavy (non-hydrogen) atoms. The number of hydrogen-bond acceptors (Lipinski definition) is 0. The zero-order chi connectivity index (χ0) is 4.28. The lowest BCUT2D eigenvalue weighted by molar-refractivity contribution is 2.07. The second kappa shape index (κ2) is 2.66. The predicted molar refractivity (Wildman–Crippen MR) is 29.1 cm³/mol. The zero-order valence-electron chi connectivity index (χ0n) is 4.00. The molecule has 0 unspecified atom stereocenters. The maximum absolute atomic E-state index is 2.34. The molecule has 0 saturated heterocycles. The van der Waals surface area contributed by atoms with Gasteiger partial charge in [-0.25, -0.2) is 0 Å². The minimum Gasteiger partial charge on any atom is -0.0756 e. The van der Waals surface area contributed by atoms with Crippen molar-refractivity contribution < 1.29 is 0 Å². The first-order valence-corrected chi connectivity index (χ1v) is 6.75. The highest BCUT2D eigenvalue weighted by atomic mass is 29.2. The van der Waals surface area contributed by atoms with Crippen molar-refractivity contribution in [3.8, 4) is 0 Å². The van der Waals surface area contributed by atoms with E-state index in [0.717, 1.165) is 0 Å². The minimum atomic E-state index is 0.154. The molecule has 0 N–H and O–H groups in total. The van der Waals surface area contributed by atoms with Gasteiger partial charge in [0.1, 0.15) is 0 Å². The van der Waals surface area contributed by atoms with Crippen LogP contribution in [0.4, 0.5) is 0 Å². The zero-order valence-corrected chi connectivity index (χ0v) is 6.00. The van der Waals surface area contributed by atoms with Crippen LogP contribution in [0.2, 0.25) is 19.6 Å². The third kappa shape index (κ3) is 4.43. The quantitative estimate of drug-likeness (QED) is 0.432. The fraction of sp³-hybridized carbons (Fsp3) is 1.00. The highest BCUT2D eigenvalue weighted by molar-refractivity contribution is 7.10. The fourth-order valence-corrected chi connectivity index (χ4v) is 0. The van der Waals surface area contributed by atoms with Crippen molar-refractivity contribution in [2.24, 2.45) is 0 Å². The van der Waals surface area contributed by atoms with Crippen molar-refractivity contribution in [2.75, 3.05) is 0 Å². The van der Waals surface area contributed by atoms with E-state index in [1.165, 1.54) is 9.04 Å². The smallest absolute Gasteiger partial charge is 0.0275 e. The number of hydrogen-bond donors (Lipinski definition) is 0. The Kier molecular flexibility index (Phi) is 2.89. The van der Waals surface area contributed by atoms with Crippen molar-refractivity contribution in [1.29, 1.82) is 0 Å². The highest BCUT2D eigenvalue weighted by Gasteiger charge is 1.84. The van der Waals surface area contributed by atoms with Gasteiger partial charge in [0.2, 0.25) is 0 Å². The lowest BCUT2D eigenvalue weighted by Gasteiger charge is -1.85. The highest BCUT2D eigenvalue weighted by Crippen LogP contribution is 1.69. The minimum absolute atomic E-state index is 0.154. The lowest BCUT2D eigenvalue weighted by atomic mass is 11.9. The molecule has 0 aliphatic heterocycles. The monoisotopic (exact) mass is 101 g/mol. The van der Waals surface area contributed by atoms with Crippen molar-refractivity contribution in [2.45, 2.75) is 19.6 Å². The van der Waals surface area contributed by atoms with Crippen LogP contribution in [0.1, 0.15) is 0 Å². The first-order valence-electron chi connectivity index (χ1n) is 1.75. The van der Waals surface area contributed by atoms with Crippen LogP contribution in [0.5, 0.6) is 0 Å². The van der Waals surface area contributed by atoms with E-state index in [2.05, 4.69) is 19.6 Å². The maximum Gasteiger partial charge on any atom is 0.0275 e. The fourth-order valence-electron chi connectivity index (χ4n) is 0. The molecule has 3 radical (unpaired) electrons. The average molecular weight is 101 g/mol. The van der Waals surface area contributed by atoms with Crippen molar-refractivity contribution in [3.63, 3.8) is 0 Å². The van der Waals surface area contributed by atoms with Crippen molar-refractivity contribution in [1.82, 2.24) is 0 Å². The van der Waals surface area contributed by atoms with Crippen molar-refractivity contribution in [3.05, 3.63) is 0 Å². The molecule has 2 heteroatoms. The van der Waals surface area contributed by atoms with Crippen LogP contribution in [-0.2, 0) is 0 Å². The SMILES string of the molecule is C[Si][Si](C)C. The van der Waals surface area contributed by atoms with E-state index >= 15 is 0 Å². The van der Waals surface area contributed by atoms with E-state index in [0.29, 0.717) is 0 Å². The average Bonchev–Trinajstić information content (AvgIpc) is 1.38. The van der Waals surface area contributed by atoms with Gasteiger partial charge in [0.05, 0.1) is 0 Å². The first-order chi connectivity index (χ1) is 2.27.